The minimum absolute atomic E-state index is 0.0259. The number of hydrogen-bond donors (Lipinski definition) is 4. The van der Waals surface area contributed by atoms with Crippen LogP contribution >= 0.6 is 11.3 Å². The quantitative estimate of drug-likeness (QED) is 0.0676. The van der Waals surface area contributed by atoms with E-state index >= 15 is 4.39 Å². The number of thiazole rings is 1. The molecule has 2 aromatic carbocycles. The molecule has 402 valence electrons. The van der Waals surface area contributed by atoms with E-state index in [0.717, 1.165) is 28.6 Å². The summed E-state index contributed by atoms with van der Waals surface area (Å²) < 4.78 is 68.4. The van der Waals surface area contributed by atoms with E-state index in [9.17, 15) is 37.1 Å². The van der Waals surface area contributed by atoms with E-state index in [1.54, 1.807) is 48.9 Å². The number of nitrogens with zero attached hydrogens (tertiary/aromatic N) is 7. The number of amides is 3. The van der Waals surface area contributed by atoms with Crippen molar-refractivity contribution in [3.8, 4) is 27.4 Å². The summed E-state index contributed by atoms with van der Waals surface area (Å²) >= 11 is 1.54. The van der Waals surface area contributed by atoms with Crippen molar-refractivity contribution >= 4 is 67.1 Å². The van der Waals surface area contributed by atoms with E-state index in [1.165, 1.54) is 26.9 Å². The lowest BCUT2D eigenvalue weighted by Gasteiger charge is -2.29. The van der Waals surface area contributed by atoms with E-state index in [0.29, 0.717) is 58.8 Å². The number of aliphatic hydroxyl groups is 1. The Kier molecular flexibility index (Phi) is 14.2. The highest BCUT2D eigenvalue weighted by Gasteiger charge is 2.48. The van der Waals surface area contributed by atoms with Gasteiger partial charge in [-0.15, -0.1) is 11.3 Å². The Morgan fingerprint density at radius 2 is 1.84 bits per heavy atom. The molecule has 77 heavy (non-hydrogen) atoms. The highest BCUT2D eigenvalue weighted by Crippen LogP contribution is 2.45. The molecular formula is C54H56F2N10O9S2. The second-order valence-electron chi connectivity index (χ2n) is 20.4. The molecule has 23 heteroatoms. The van der Waals surface area contributed by atoms with E-state index < -0.39 is 56.7 Å². The first kappa shape index (κ1) is 52.8. The van der Waals surface area contributed by atoms with Crippen LogP contribution in [0.2, 0.25) is 0 Å². The number of amidine groups is 1. The number of likely N-dealkylation sites (tertiary alicyclic amines) is 1. The average molecular weight is 1090 g/mol. The maximum absolute atomic E-state index is 15.6. The number of pyridine rings is 2. The third-order valence-corrected chi connectivity index (χ3v) is 16.2. The molecular weight excluding hydrogens is 1030 g/mol. The number of rotatable bonds is 17. The van der Waals surface area contributed by atoms with Gasteiger partial charge in [0, 0.05) is 79.4 Å². The molecule has 7 aromatic rings. The Hall–Kier alpha value is -7.63. The molecule has 5 aromatic heterocycles. The molecule has 4 atom stereocenters. The summed E-state index contributed by atoms with van der Waals surface area (Å²) in [7, 11) is -2.13. The van der Waals surface area contributed by atoms with Crippen LogP contribution < -0.4 is 25.8 Å². The molecule has 0 radical (unpaired) electrons. The van der Waals surface area contributed by atoms with Crippen molar-refractivity contribution in [1.29, 1.82) is 0 Å². The number of aliphatic imine (C=N–C) groups is 1. The van der Waals surface area contributed by atoms with Crippen LogP contribution in [-0.4, -0.2) is 105 Å². The molecule has 1 saturated heterocycles. The summed E-state index contributed by atoms with van der Waals surface area (Å²) in [5.41, 5.74) is 5.10. The predicted octanol–water partition coefficient (Wildman–Crippen LogP) is 6.95. The van der Waals surface area contributed by atoms with Crippen molar-refractivity contribution < 1.29 is 45.9 Å². The van der Waals surface area contributed by atoms with Gasteiger partial charge in [-0.1, -0.05) is 38.1 Å². The summed E-state index contributed by atoms with van der Waals surface area (Å²) in [6.07, 6.45) is 6.12. The number of aryl methyl sites for hydroxylation is 2. The van der Waals surface area contributed by atoms with E-state index in [-0.39, 0.29) is 95.7 Å². The fourth-order valence-electron chi connectivity index (χ4n) is 10.5. The first-order valence-electron chi connectivity index (χ1n) is 25.1. The normalized spacial score (nSPS) is 18.6. The minimum Gasteiger partial charge on any atom is -0.476 e. The number of aromatic amines is 1. The van der Waals surface area contributed by atoms with Crippen molar-refractivity contribution in [3.63, 3.8) is 0 Å². The highest BCUT2D eigenvalue weighted by atomic mass is 32.2. The number of nitrogens with one attached hydrogen (secondary N) is 3. The van der Waals surface area contributed by atoms with Gasteiger partial charge in [-0.25, -0.2) is 32.2 Å². The van der Waals surface area contributed by atoms with E-state index in [1.807, 2.05) is 45.0 Å². The number of anilines is 2. The SMILES string of the molecule is Cc1ncsc1-c1ccc([C@@]2(C)N=C([C@H]3C[C@@H](O)CN3C(=O)[C@@H](c3cc(OCCCCCNC(=O)c4cc5c(cc4CS(C)(=O)=O)-c4cn(C)c(=O)c6[nH]cc(c46)CN5c4ncc(F)cc4F)no3)C(C)C)NC2=O)cc1. The van der Waals surface area contributed by atoms with Crippen LogP contribution in [-0.2, 0) is 44.3 Å². The monoisotopic (exact) mass is 1090 g/mol. The number of H-pyrrole nitrogens is 1. The Bertz CT molecular complexity index is 3680. The van der Waals surface area contributed by atoms with Crippen LogP contribution in [0.3, 0.4) is 0 Å². The number of aromatic nitrogens is 5. The third-order valence-electron chi connectivity index (χ3n) is 14.4. The van der Waals surface area contributed by atoms with Gasteiger partial charge >= 0.3 is 0 Å². The maximum atomic E-state index is 15.6. The van der Waals surface area contributed by atoms with Gasteiger partial charge in [0.2, 0.25) is 5.91 Å². The molecule has 0 saturated carbocycles. The van der Waals surface area contributed by atoms with Gasteiger partial charge in [0.05, 0.1) is 59.0 Å². The number of halogens is 2. The topological polar surface area (TPSA) is 247 Å². The lowest BCUT2D eigenvalue weighted by molar-refractivity contribution is -0.134. The molecule has 3 aliphatic rings. The van der Waals surface area contributed by atoms with Gasteiger partial charge in [-0.2, -0.15) is 0 Å². The van der Waals surface area contributed by atoms with Crippen molar-refractivity contribution in [2.75, 3.05) is 30.9 Å². The number of carbonyl (C=O) groups excluding carboxylic acids is 3. The van der Waals surface area contributed by atoms with E-state index in [4.69, 9.17) is 14.3 Å². The minimum atomic E-state index is -3.70. The Morgan fingerprint density at radius 3 is 2.56 bits per heavy atom. The first-order valence-corrected chi connectivity index (χ1v) is 28.0. The average Bonchev–Trinajstić information content (AvgIpc) is 4.34. The third kappa shape index (κ3) is 10.3. The smallest absolute Gasteiger partial charge is 0.274 e. The summed E-state index contributed by atoms with van der Waals surface area (Å²) in [5, 5.41) is 21.3. The molecule has 0 spiro atoms. The number of fused-ring (bicyclic) bond motifs is 2. The van der Waals surface area contributed by atoms with Crippen molar-refractivity contribution in [1.82, 2.24) is 40.2 Å². The fraction of sp³-hybridized carbons (Fsp3) is 0.370. The highest BCUT2D eigenvalue weighted by molar-refractivity contribution is 7.89. The van der Waals surface area contributed by atoms with Gasteiger partial charge < -0.3 is 44.4 Å². The molecule has 0 bridgehead atoms. The van der Waals surface area contributed by atoms with Crippen LogP contribution in [0.25, 0.3) is 32.5 Å². The zero-order valence-corrected chi connectivity index (χ0v) is 44.7. The zero-order valence-electron chi connectivity index (χ0n) is 43.0. The van der Waals surface area contributed by atoms with Gasteiger partial charge in [-0.05, 0) is 78.6 Å². The second-order valence-corrected chi connectivity index (χ2v) is 23.4. The number of β-amino-alcohol motifs (C(OH)–C–C–N with tert-alkyl or cyclic N) is 1. The second kappa shape index (κ2) is 20.7. The van der Waals surface area contributed by atoms with Crippen molar-refractivity contribution in [2.45, 2.75) is 89.3 Å². The Labute approximate surface area is 445 Å². The molecule has 3 amide bonds. The Balaban J connectivity index is 0.783. The molecule has 4 N–H and O–H groups in total. The standard InChI is InChI=1S/C54H56F2N10O9S2/c1-28(2)44(51(69)66-24-35(67)18-41(66)48-61-53(71)54(4,62-48)33-12-10-30(11-13-33)47-29(3)60-27-76-47)42-20-43(63-75-42)74-15-9-7-8-14-57-50(68)36-19-40-37(16-31(36)26-77(6,72)73)38-25-64(5)52(70)46-45(38)32(21-58-46)23-65(40)49-39(56)17-34(55)22-59-49/h10-13,16-17,19-22,25,27-28,35,41,44,58,67H,7-9,14-15,18,23-24,26H2,1-6H3,(H,57,68)(H,61,62,71)/t35-,41-,44-,54-/m1/s1. The lowest BCUT2D eigenvalue weighted by Crippen LogP contribution is -2.48. The van der Waals surface area contributed by atoms with E-state index in [2.05, 4.69) is 30.7 Å². The largest absolute Gasteiger partial charge is 0.476 e. The number of carbonyl (C=O) groups is 3. The number of aliphatic hydroxyl groups excluding tert-OH is 1. The lowest BCUT2D eigenvalue weighted by atomic mass is 9.91. The number of unbranched alkanes of at least 4 members (excludes halogenated alkanes) is 2. The maximum Gasteiger partial charge on any atom is 0.274 e. The molecule has 10 rings (SSSR count). The molecule has 1 fully saturated rings. The molecule has 8 heterocycles. The van der Waals surface area contributed by atoms with Gasteiger partial charge in [-0.3, -0.25) is 19.2 Å². The summed E-state index contributed by atoms with van der Waals surface area (Å²) in [4.78, 5) is 75.7. The van der Waals surface area contributed by atoms with Crippen LogP contribution in [0.1, 0.15) is 90.9 Å². The van der Waals surface area contributed by atoms with Crippen molar-refractivity contribution in [3.05, 3.63) is 128 Å². The number of hydrogen-bond acceptors (Lipinski definition) is 15. The molecule has 3 aliphatic heterocycles. The molecule has 0 aliphatic carbocycles. The molecule has 19 nitrogen and oxygen atoms in total. The number of ether oxygens (including phenoxy) is 1. The predicted molar refractivity (Wildman–Crippen MR) is 285 cm³/mol. The Morgan fingerprint density at radius 1 is 1.06 bits per heavy atom. The van der Waals surface area contributed by atoms with Crippen LogP contribution in [0.4, 0.5) is 20.3 Å². The zero-order chi connectivity index (χ0) is 54.7. The van der Waals surface area contributed by atoms with Gasteiger partial charge in [0.1, 0.15) is 23.1 Å². The van der Waals surface area contributed by atoms with Gasteiger partial charge in [0.15, 0.2) is 32.8 Å². The molecule has 0 unspecified atom stereocenters. The fourth-order valence-corrected chi connectivity index (χ4v) is 12.1. The van der Waals surface area contributed by atoms with Crippen LogP contribution in [0, 0.1) is 24.5 Å². The number of benzene rings is 2. The summed E-state index contributed by atoms with van der Waals surface area (Å²) in [6.45, 7) is 7.84. The summed E-state index contributed by atoms with van der Waals surface area (Å²) in [5.74, 6) is -4.17. The van der Waals surface area contributed by atoms with Crippen LogP contribution in [0.5, 0.6) is 5.88 Å². The van der Waals surface area contributed by atoms with Crippen LogP contribution in [0.15, 0.2) is 86.9 Å². The van der Waals surface area contributed by atoms with Crippen molar-refractivity contribution in [2.24, 2.45) is 18.0 Å². The first-order chi connectivity index (χ1) is 36.7. The van der Waals surface area contributed by atoms with Gasteiger partial charge in [0.25, 0.3) is 23.3 Å². The summed E-state index contributed by atoms with van der Waals surface area (Å²) in [6, 6.07) is 12.2. The number of sulfone groups is 1.